The summed E-state index contributed by atoms with van der Waals surface area (Å²) in [5, 5.41) is 13.2. The van der Waals surface area contributed by atoms with Crippen molar-refractivity contribution in [2.24, 2.45) is 5.73 Å². The van der Waals surface area contributed by atoms with Crippen molar-refractivity contribution in [3.63, 3.8) is 0 Å². The number of ether oxygens (including phenoxy) is 1. The maximum atomic E-state index is 12.3. The number of hydrogen-bond donors (Lipinski definition) is 2. The van der Waals surface area contributed by atoms with Crippen molar-refractivity contribution < 1.29 is 19.2 Å². The number of benzene rings is 1. The number of piperazine rings is 1. The highest BCUT2D eigenvalue weighted by Gasteiger charge is 2.26. The third-order valence-corrected chi connectivity index (χ3v) is 3.94. The number of hydrogen-bond acceptors (Lipinski definition) is 7. The monoisotopic (exact) mass is 351 g/mol. The van der Waals surface area contributed by atoms with Crippen molar-refractivity contribution in [1.82, 2.24) is 9.80 Å². The zero-order valence-electron chi connectivity index (χ0n) is 13.9. The second-order valence-electron chi connectivity index (χ2n) is 5.52. The van der Waals surface area contributed by atoms with E-state index >= 15 is 0 Å². The highest BCUT2D eigenvalue weighted by molar-refractivity contribution is 6.39. The predicted molar refractivity (Wildman–Crippen MR) is 90.4 cm³/mol. The lowest BCUT2D eigenvalue weighted by Gasteiger charge is -2.34. The number of anilines is 1. The highest BCUT2D eigenvalue weighted by Crippen LogP contribution is 2.29. The number of nitro groups is 1. The quantitative estimate of drug-likeness (QED) is 0.421. The Morgan fingerprint density at radius 1 is 1.32 bits per heavy atom. The Hall–Kier alpha value is -2.72. The molecule has 2 rings (SSSR count). The number of amides is 2. The molecule has 1 aliphatic heterocycles. The third-order valence-electron chi connectivity index (χ3n) is 3.94. The van der Waals surface area contributed by atoms with Crippen LogP contribution in [0.15, 0.2) is 18.2 Å². The van der Waals surface area contributed by atoms with Crippen LogP contribution in [0.2, 0.25) is 0 Å². The summed E-state index contributed by atoms with van der Waals surface area (Å²) in [6.45, 7) is 3.53. The number of methoxy groups -OCH3 is 1. The predicted octanol–water partition coefficient (Wildman–Crippen LogP) is -0.355. The van der Waals surface area contributed by atoms with Gasteiger partial charge in [-0.3, -0.25) is 24.6 Å². The van der Waals surface area contributed by atoms with E-state index in [1.807, 2.05) is 0 Å². The van der Waals surface area contributed by atoms with Gasteiger partial charge in [0, 0.05) is 45.3 Å². The first kappa shape index (κ1) is 18.6. The molecule has 0 radical (unpaired) electrons. The van der Waals surface area contributed by atoms with Crippen LogP contribution in [0.25, 0.3) is 0 Å². The molecule has 10 heteroatoms. The minimum absolute atomic E-state index is 0.114. The van der Waals surface area contributed by atoms with Gasteiger partial charge in [0.15, 0.2) is 0 Å². The summed E-state index contributed by atoms with van der Waals surface area (Å²) in [6, 6.07) is 3.75. The van der Waals surface area contributed by atoms with E-state index in [1.165, 1.54) is 30.2 Å². The second kappa shape index (κ2) is 8.40. The average Bonchev–Trinajstić information content (AvgIpc) is 2.62. The largest absolute Gasteiger partial charge is 0.494 e. The molecule has 0 aromatic heterocycles. The molecule has 0 saturated carbocycles. The molecule has 1 aromatic carbocycles. The molecular weight excluding hydrogens is 330 g/mol. The van der Waals surface area contributed by atoms with E-state index in [4.69, 9.17) is 10.5 Å². The molecule has 1 heterocycles. The van der Waals surface area contributed by atoms with E-state index < -0.39 is 16.7 Å². The van der Waals surface area contributed by atoms with Crippen molar-refractivity contribution in [2.45, 2.75) is 0 Å². The van der Waals surface area contributed by atoms with Gasteiger partial charge in [0.1, 0.15) is 5.75 Å². The number of non-ortho nitro benzene ring substituents is 1. The van der Waals surface area contributed by atoms with Crippen LogP contribution in [0.5, 0.6) is 5.75 Å². The molecule has 0 spiro atoms. The lowest BCUT2D eigenvalue weighted by Crippen LogP contribution is -2.52. The van der Waals surface area contributed by atoms with Gasteiger partial charge in [0.2, 0.25) is 0 Å². The SMILES string of the molecule is COc1cc([N+](=O)[O-])ccc1NC(=O)C(=O)N1CCN(CCN)CC1. The molecule has 0 aliphatic carbocycles. The van der Waals surface area contributed by atoms with Crippen LogP contribution in [-0.4, -0.2) is 72.9 Å². The summed E-state index contributed by atoms with van der Waals surface area (Å²) >= 11 is 0. The number of nitrogens with one attached hydrogen (secondary N) is 1. The molecule has 1 aromatic rings. The van der Waals surface area contributed by atoms with Gasteiger partial charge in [0.25, 0.3) is 5.69 Å². The normalized spacial score (nSPS) is 14.9. The van der Waals surface area contributed by atoms with Crippen LogP contribution in [-0.2, 0) is 9.59 Å². The van der Waals surface area contributed by atoms with E-state index in [2.05, 4.69) is 10.2 Å². The van der Waals surface area contributed by atoms with Crippen LogP contribution in [0.4, 0.5) is 11.4 Å². The molecular formula is C15H21N5O5. The molecule has 1 aliphatic rings. The molecule has 1 saturated heterocycles. The Morgan fingerprint density at radius 2 is 2.00 bits per heavy atom. The van der Waals surface area contributed by atoms with E-state index in [0.717, 1.165) is 6.54 Å². The fourth-order valence-electron chi connectivity index (χ4n) is 2.57. The fraction of sp³-hybridized carbons (Fsp3) is 0.467. The number of rotatable bonds is 5. The fourth-order valence-corrected chi connectivity index (χ4v) is 2.57. The topological polar surface area (TPSA) is 131 Å². The van der Waals surface area contributed by atoms with Crippen LogP contribution in [0, 0.1) is 10.1 Å². The zero-order chi connectivity index (χ0) is 18.4. The van der Waals surface area contributed by atoms with Crippen molar-refractivity contribution in [3.05, 3.63) is 28.3 Å². The first-order chi connectivity index (χ1) is 12.0. The van der Waals surface area contributed by atoms with Gasteiger partial charge in [0.05, 0.1) is 23.8 Å². The maximum Gasteiger partial charge on any atom is 0.314 e. The van der Waals surface area contributed by atoms with E-state index in [9.17, 15) is 19.7 Å². The molecule has 0 atom stereocenters. The molecule has 136 valence electrons. The summed E-state index contributed by atoms with van der Waals surface area (Å²) < 4.78 is 5.04. The Kier molecular flexibility index (Phi) is 6.25. The van der Waals surface area contributed by atoms with Gasteiger partial charge in [-0.2, -0.15) is 0 Å². The number of nitrogens with two attached hydrogens (primary N) is 1. The maximum absolute atomic E-state index is 12.3. The molecule has 25 heavy (non-hydrogen) atoms. The Balaban J connectivity index is 2.00. The lowest BCUT2D eigenvalue weighted by molar-refractivity contribution is -0.384. The van der Waals surface area contributed by atoms with Crippen molar-refractivity contribution in [2.75, 3.05) is 51.7 Å². The van der Waals surface area contributed by atoms with Crippen LogP contribution in [0.1, 0.15) is 0 Å². The van der Waals surface area contributed by atoms with Gasteiger partial charge in [-0.15, -0.1) is 0 Å². The Bertz CT molecular complexity index is 658. The first-order valence-electron chi connectivity index (χ1n) is 7.81. The van der Waals surface area contributed by atoms with E-state index in [0.29, 0.717) is 32.7 Å². The standard InChI is InChI=1S/C15H21N5O5/c1-25-13-10-11(20(23)24)2-3-12(13)17-14(21)15(22)19-8-6-18(5-4-16)7-9-19/h2-3,10H,4-9,16H2,1H3,(H,17,21). The average molecular weight is 351 g/mol. The third kappa shape index (κ3) is 4.64. The van der Waals surface area contributed by atoms with Gasteiger partial charge in [-0.25, -0.2) is 0 Å². The number of nitro benzene ring substituents is 1. The van der Waals surface area contributed by atoms with Crippen molar-refractivity contribution >= 4 is 23.2 Å². The van der Waals surface area contributed by atoms with Crippen LogP contribution < -0.4 is 15.8 Å². The summed E-state index contributed by atoms with van der Waals surface area (Å²) in [5.74, 6) is -1.34. The van der Waals surface area contributed by atoms with Crippen molar-refractivity contribution in [3.8, 4) is 5.75 Å². The highest BCUT2D eigenvalue weighted by atomic mass is 16.6. The summed E-state index contributed by atoms with van der Waals surface area (Å²) in [5.41, 5.74) is 5.54. The summed E-state index contributed by atoms with van der Waals surface area (Å²) in [4.78, 5) is 38.3. The van der Waals surface area contributed by atoms with Gasteiger partial charge in [-0.05, 0) is 6.07 Å². The Labute approximate surface area is 144 Å². The molecule has 3 N–H and O–H groups in total. The van der Waals surface area contributed by atoms with Crippen LogP contribution in [0.3, 0.4) is 0 Å². The summed E-state index contributed by atoms with van der Waals surface area (Å²) in [6.07, 6.45) is 0. The van der Waals surface area contributed by atoms with E-state index in [1.54, 1.807) is 0 Å². The van der Waals surface area contributed by atoms with Gasteiger partial charge in [-0.1, -0.05) is 0 Å². The number of carbonyl (C=O) groups is 2. The zero-order valence-corrected chi connectivity index (χ0v) is 13.9. The summed E-state index contributed by atoms with van der Waals surface area (Å²) in [7, 11) is 1.33. The van der Waals surface area contributed by atoms with Crippen molar-refractivity contribution in [1.29, 1.82) is 0 Å². The van der Waals surface area contributed by atoms with Crippen LogP contribution >= 0.6 is 0 Å². The number of carbonyl (C=O) groups excluding carboxylic acids is 2. The Morgan fingerprint density at radius 3 is 2.56 bits per heavy atom. The molecule has 0 bridgehead atoms. The minimum Gasteiger partial charge on any atom is -0.494 e. The second-order valence-corrected chi connectivity index (χ2v) is 5.52. The van der Waals surface area contributed by atoms with E-state index in [-0.39, 0.29) is 17.1 Å². The first-order valence-corrected chi connectivity index (χ1v) is 7.81. The van der Waals surface area contributed by atoms with Gasteiger partial charge < -0.3 is 20.7 Å². The smallest absolute Gasteiger partial charge is 0.314 e. The molecule has 1 fully saturated rings. The molecule has 10 nitrogen and oxygen atoms in total. The minimum atomic E-state index is -0.806. The molecule has 0 unspecified atom stereocenters. The van der Waals surface area contributed by atoms with Gasteiger partial charge >= 0.3 is 11.8 Å². The number of nitrogens with zero attached hydrogens (tertiary/aromatic N) is 3. The lowest BCUT2D eigenvalue weighted by atomic mass is 10.2. The molecule has 2 amide bonds.